The molecule has 0 aliphatic heterocycles. The normalized spacial score (nSPS) is 11.2. The third-order valence-electron chi connectivity index (χ3n) is 4.39. The van der Waals surface area contributed by atoms with Gasteiger partial charge in [-0.2, -0.15) is 0 Å². The van der Waals surface area contributed by atoms with E-state index in [0.717, 1.165) is 38.2 Å². The summed E-state index contributed by atoms with van der Waals surface area (Å²) in [4.78, 5) is 26.9. The van der Waals surface area contributed by atoms with Gasteiger partial charge in [0.05, 0.1) is 11.3 Å². The van der Waals surface area contributed by atoms with Gasteiger partial charge < -0.3 is 10.3 Å². The van der Waals surface area contributed by atoms with E-state index in [1.807, 2.05) is 41.9 Å². The maximum atomic E-state index is 5.99. The number of nitrogens with two attached hydrogens (primary N) is 1. The first-order valence-electron chi connectivity index (χ1n) is 8.47. The Morgan fingerprint density at radius 1 is 0.929 bits per heavy atom. The minimum absolute atomic E-state index is 0.368. The molecule has 0 radical (unpaired) electrons. The Bertz CT molecular complexity index is 1280. The van der Waals surface area contributed by atoms with Crippen LogP contribution < -0.4 is 5.73 Å². The summed E-state index contributed by atoms with van der Waals surface area (Å²) >= 11 is 1.46. The van der Waals surface area contributed by atoms with Gasteiger partial charge in [0.1, 0.15) is 39.5 Å². The molecular formula is C19H14N8S. The van der Waals surface area contributed by atoms with Gasteiger partial charge >= 0.3 is 0 Å². The second-order valence-corrected chi connectivity index (χ2v) is 7.09. The summed E-state index contributed by atoms with van der Waals surface area (Å²) in [5.41, 5.74) is 10.1. The average molecular weight is 386 g/mol. The zero-order valence-corrected chi connectivity index (χ0v) is 15.6. The Kier molecular flexibility index (Phi) is 3.80. The molecule has 8 nitrogen and oxygen atoms in total. The zero-order chi connectivity index (χ0) is 19.1. The Balaban J connectivity index is 1.80. The van der Waals surface area contributed by atoms with Crippen molar-refractivity contribution in [3.63, 3.8) is 0 Å². The lowest BCUT2D eigenvalue weighted by molar-refractivity contribution is 0.927. The lowest BCUT2D eigenvalue weighted by atomic mass is 10.1. The van der Waals surface area contributed by atoms with E-state index in [9.17, 15) is 0 Å². The second kappa shape index (κ2) is 6.46. The highest BCUT2D eigenvalue weighted by molar-refractivity contribution is 7.21. The van der Waals surface area contributed by atoms with Gasteiger partial charge in [-0.1, -0.05) is 41.7 Å². The molecule has 4 heterocycles. The standard InChI is InChI=1S/C19H14N8S/c1-27-15(19-26-14-16(20)23-10-24-18(14)28-19)13(11-5-3-2-4-6-11)25-17(27)12-7-21-9-22-8-12/h2-10H,1H3,(H2,20,23,24). The highest BCUT2D eigenvalue weighted by atomic mass is 32.1. The molecule has 1 aromatic carbocycles. The molecule has 136 valence electrons. The SMILES string of the molecule is Cn1c(-c2cncnc2)nc(-c2ccccc2)c1-c1nc2c(N)ncnc2s1. The molecule has 0 aliphatic carbocycles. The van der Waals surface area contributed by atoms with Crippen molar-refractivity contribution in [1.29, 1.82) is 0 Å². The Morgan fingerprint density at radius 3 is 2.46 bits per heavy atom. The van der Waals surface area contributed by atoms with Gasteiger partial charge in [0.2, 0.25) is 0 Å². The lowest BCUT2D eigenvalue weighted by Gasteiger charge is -2.04. The van der Waals surface area contributed by atoms with E-state index in [1.165, 1.54) is 24.0 Å². The third-order valence-corrected chi connectivity index (χ3v) is 5.36. The monoisotopic (exact) mass is 386 g/mol. The van der Waals surface area contributed by atoms with Crippen LogP contribution in [0, 0.1) is 0 Å². The Hall–Kier alpha value is -3.72. The molecule has 2 N–H and O–H groups in total. The summed E-state index contributed by atoms with van der Waals surface area (Å²) in [6, 6.07) is 10.0. The van der Waals surface area contributed by atoms with E-state index in [2.05, 4.69) is 19.9 Å². The summed E-state index contributed by atoms with van der Waals surface area (Å²) < 4.78 is 2.00. The van der Waals surface area contributed by atoms with Crippen LogP contribution in [-0.2, 0) is 7.05 Å². The zero-order valence-electron chi connectivity index (χ0n) is 14.8. The molecule has 0 saturated heterocycles. The first-order chi connectivity index (χ1) is 13.7. The number of thiazole rings is 1. The van der Waals surface area contributed by atoms with Crippen LogP contribution in [0.25, 0.3) is 43.7 Å². The van der Waals surface area contributed by atoms with E-state index < -0.39 is 0 Å². The van der Waals surface area contributed by atoms with Crippen LogP contribution in [0.3, 0.4) is 0 Å². The van der Waals surface area contributed by atoms with Crippen LogP contribution in [0.4, 0.5) is 5.82 Å². The highest BCUT2D eigenvalue weighted by Gasteiger charge is 2.22. The fourth-order valence-corrected chi connectivity index (χ4v) is 4.08. The number of benzene rings is 1. The second-order valence-electron chi connectivity index (χ2n) is 6.12. The molecule has 0 bridgehead atoms. The predicted molar refractivity (Wildman–Crippen MR) is 108 cm³/mol. The summed E-state index contributed by atoms with van der Waals surface area (Å²) in [6.45, 7) is 0. The van der Waals surface area contributed by atoms with Gasteiger partial charge in [-0.3, -0.25) is 0 Å². The number of fused-ring (bicyclic) bond motifs is 1. The van der Waals surface area contributed by atoms with Crippen molar-refractivity contribution < 1.29 is 0 Å². The number of aromatic nitrogens is 7. The van der Waals surface area contributed by atoms with Gasteiger partial charge in [0.15, 0.2) is 5.82 Å². The number of nitrogens with zero attached hydrogens (tertiary/aromatic N) is 7. The molecule has 0 unspecified atom stereocenters. The maximum Gasteiger partial charge on any atom is 0.154 e. The van der Waals surface area contributed by atoms with Gasteiger partial charge in [-0.05, 0) is 0 Å². The quantitative estimate of drug-likeness (QED) is 0.507. The van der Waals surface area contributed by atoms with Crippen LogP contribution in [0.1, 0.15) is 0 Å². The molecule has 0 amide bonds. The van der Waals surface area contributed by atoms with Crippen molar-refractivity contribution in [2.45, 2.75) is 0 Å². The van der Waals surface area contributed by atoms with E-state index in [0.29, 0.717) is 11.3 Å². The molecule has 9 heteroatoms. The van der Waals surface area contributed by atoms with E-state index in [-0.39, 0.29) is 0 Å². The van der Waals surface area contributed by atoms with Crippen molar-refractivity contribution in [2.75, 3.05) is 5.73 Å². The molecule has 0 aliphatic rings. The number of hydrogen-bond donors (Lipinski definition) is 1. The van der Waals surface area contributed by atoms with Crippen LogP contribution in [0.2, 0.25) is 0 Å². The number of imidazole rings is 1. The Labute approximate surface area is 163 Å². The first kappa shape index (κ1) is 16.5. The van der Waals surface area contributed by atoms with E-state index >= 15 is 0 Å². The van der Waals surface area contributed by atoms with Gasteiger partial charge in [0.25, 0.3) is 0 Å². The van der Waals surface area contributed by atoms with Crippen LogP contribution >= 0.6 is 11.3 Å². The van der Waals surface area contributed by atoms with Gasteiger partial charge in [0, 0.05) is 25.0 Å². The maximum absolute atomic E-state index is 5.99. The van der Waals surface area contributed by atoms with Crippen molar-refractivity contribution in [3.05, 3.63) is 55.4 Å². The minimum atomic E-state index is 0.368. The van der Waals surface area contributed by atoms with Gasteiger partial charge in [-0.15, -0.1) is 0 Å². The smallest absolute Gasteiger partial charge is 0.154 e. The van der Waals surface area contributed by atoms with Crippen molar-refractivity contribution in [3.8, 4) is 33.3 Å². The predicted octanol–water partition coefficient (Wildman–Crippen LogP) is 3.19. The summed E-state index contributed by atoms with van der Waals surface area (Å²) in [6.07, 6.45) is 6.44. The van der Waals surface area contributed by atoms with Gasteiger partial charge in [-0.25, -0.2) is 29.9 Å². The molecular weight excluding hydrogens is 372 g/mol. The minimum Gasteiger partial charge on any atom is -0.382 e. The fraction of sp³-hybridized carbons (Fsp3) is 0.0526. The highest BCUT2D eigenvalue weighted by Crippen LogP contribution is 2.38. The summed E-state index contributed by atoms with van der Waals surface area (Å²) in [5.74, 6) is 1.13. The largest absolute Gasteiger partial charge is 0.382 e. The summed E-state index contributed by atoms with van der Waals surface area (Å²) in [5, 5.41) is 0.777. The van der Waals surface area contributed by atoms with Crippen molar-refractivity contribution in [2.24, 2.45) is 7.05 Å². The summed E-state index contributed by atoms with van der Waals surface area (Å²) in [7, 11) is 1.96. The molecule has 0 spiro atoms. The molecule has 4 aromatic heterocycles. The molecule has 0 fully saturated rings. The first-order valence-corrected chi connectivity index (χ1v) is 9.29. The fourth-order valence-electron chi connectivity index (χ4n) is 3.09. The van der Waals surface area contributed by atoms with Crippen molar-refractivity contribution in [1.82, 2.24) is 34.5 Å². The third kappa shape index (κ3) is 2.60. The topological polar surface area (TPSA) is 108 Å². The molecule has 5 aromatic rings. The average Bonchev–Trinajstić information content (AvgIpc) is 3.31. The van der Waals surface area contributed by atoms with E-state index in [4.69, 9.17) is 15.7 Å². The number of hydrogen-bond acceptors (Lipinski definition) is 8. The van der Waals surface area contributed by atoms with Crippen LogP contribution in [0.5, 0.6) is 0 Å². The van der Waals surface area contributed by atoms with Crippen LogP contribution in [-0.4, -0.2) is 34.5 Å². The molecule has 28 heavy (non-hydrogen) atoms. The Morgan fingerprint density at radius 2 is 1.71 bits per heavy atom. The van der Waals surface area contributed by atoms with Crippen LogP contribution in [0.15, 0.2) is 55.4 Å². The molecule has 0 saturated carbocycles. The van der Waals surface area contributed by atoms with Crippen molar-refractivity contribution >= 4 is 27.5 Å². The molecule has 5 rings (SSSR count). The number of anilines is 1. The number of rotatable bonds is 3. The molecule has 0 atom stereocenters. The lowest BCUT2D eigenvalue weighted by Crippen LogP contribution is -1.96. The number of nitrogen functional groups attached to an aromatic ring is 1. The van der Waals surface area contributed by atoms with E-state index in [1.54, 1.807) is 12.4 Å².